The minimum absolute atomic E-state index is 0.568. The summed E-state index contributed by atoms with van der Waals surface area (Å²) in [5, 5.41) is 0. The van der Waals surface area contributed by atoms with E-state index in [1.165, 1.54) is 24.1 Å². The summed E-state index contributed by atoms with van der Waals surface area (Å²) in [4.78, 5) is 9.59. The quantitative estimate of drug-likeness (QED) is 0.751. The van der Waals surface area contributed by atoms with Gasteiger partial charge >= 0.3 is 0 Å². The lowest BCUT2D eigenvalue weighted by Crippen LogP contribution is -2.38. The molecule has 1 saturated heterocycles. The fraction of sp³-hybridized carbons (Fsp3) is 0.688. The van der Waals surface area contributed by atoms with E-state index < -0.39 is 0 Å². The summed E-state index contributed by atoms with van der Waals surface area (Å²) in [6, 6.07) is 4.90. The van der Waals surface area contributed by atoms with E-state index in [1.54, 1.807) is 0 Å². The summed E-state index contributed by atoms with van der Waals surface area (Å²) in [6.45, 7) is 4.40. The van der Waals surface area contributed by atoms with Crippen molar-refractivity contribution < 1.29 is 0 Å². The number of likely N-dealkylation sites (N-methyl/N-ethyl adjacent to an activating group) is 1. The van der Waals surface area contributed by atoms with Gasteiger partial charge in [-0.1, -0.05) is 13.3 Å². The van der Waals surface area contributed by atoms with Crippen LogP contribution in [0.4, 0.5) is 5.82 Å². The molecule has 0 spiro atoms. The molecule has 2 rings (SSSR count). The predicted molar refractivity (Wildman–Crippen MR) is 86.7 cm³/mol. The number of hydrogen-bond donors (Lipinski definition) is 0. The summed E-state index contributed by atoms with van der Waals surface area (Å²) in [6.07, 6.45) is 4.67. The van der Waals surface area contributed by atoms with E-state index >= 15 is 0 Å². The molecular formula is C16H26ClN3. The molecule has 1 aromatic heterocycles. The molecule has 1 aliphatic rings. The maximum absolute atomic E-state index is 6.04. The van der Waals surface area contributed by atoms with Gasteiger partial charge in [0.1, 0.15) is 5.82 Å². The zero-order chi connectivity index (χ0) is 14.5. The monoisotopic (exact) mass is 295 g/mol. The van der Waals surface area contributed by atoms with Crippen molar-refractivity contribution >= 4 is 17.4 Å². The first-order valence-electron chi connectivity index (χ1n) is 7.61. The van der Waals surface area contributed by atoms with E-state index in [0.29, 0.717) is 11.9 Å². The fourth-order valence-corrected chi connectivity index (χ4v) is 3.14. The molecule has 2 heterocycles. The van der Waals surface area contributed by atoms with Crippen LogP contribution in [0.2, 0.25) is 0 Å². The molecule has 0 amide bonds. The summed E-state index contributed by atoms with van der Waals surface area (Å²) in [7, 11) is 4.28. The van der Waals surface area contributed by atoms with Gasteiger partial charge in [0.25, 0.3) is 0 Å². The second-order valence-corrected chi connectivity index (χ2v) is 6.23. The number of anilines is 1. The molecule has 1 aliphatic heterocycles. The lowest BCUT2D eigenvalue weighted by atomic mass is 10.1. The lowest BCUT2D eigenvalue weighted by Gasteiger charge is -2.28. The molecule has 0 saturated carbocycles. The molecule has 1 fully saturated rings. The molecule has 4 heteroatoms. The third-order valence-corrected chi connectivity index (χ3v) is 4.14. The van der Waals surface area contributed by atoms with Gasteiger partial charge in [-0.2, -0.15) is 0 Å². The zero-order valence-electron chi connectivity index (χ0n) is 12.9. The molecule has 0 bridgehead atoms. The van der Waals surface area contributed by atoms with Crippen molar-refractivity contribution in [2.75, 3.05) is 32.1 Å². The number of aryl methyl sites for hydroxylation is 1. The Kier molecular flexibility index (Phi) is 5.67. The molecule has 1 aromatic rings. The van der Waals surface area contributed by atoms with Crippen LogP contribution in [0.3, 0.4) is 0 Å². The first-order chi connectivity index (χ1) is 9.63. The van der Waals surface area contributed by atoms with E-state index in [9.17, 15) is 0 Å². The van der Waals surface area contributed by atoms with Crippen molar-refractivity contribution in [3.8, 4) is 0 Å². The Balaban J connectivity index is 2.23. The molecule has 3 nitrogen and oxygen atoms in total. The van der Waals surface area contributed by atoms with E-state index in [0.717, 1.165) is 31.7 Å². The highest BCUT2D eigenvalue weighted by atomic mass is 35.5. The van der Waals surface area contributed by atoms with Crippen molar-refractivity contribution in [3.63, 3.8) is 0 Å². The van der Waals surface area contributed by atoms with E-state index in [4.69, 9.17) is 16.6 Å². The van der Waals surface area contributed by atoms with Gasteiger partial charge in [0.05, 0.1) is 0 Å². The van der Waals surface area contributed by atoms with Gasteiger partial charge in [0.15, 0.2) is 0 Å². The number of halogens is 1. The molecule has 0 N–H and O–H groups in total. The molecular weight excluding hydrogens is 270 g/mol. The first kappa shape index (κ1) is 15.6. The Morgan fingerprint density at radius 2 is 2.20 bits per heavy atom. The van der Waals surface area contributed by atoms with Gasteiger partial charge in [-0.25, -0.2) is 4.98 Å². The van der Waals surface area contributed by atoms with Crippen molar-refractivity contribution in [3.05, 3.63) is 23.4 Å². The van der Waals surface area contributed by atoms with Crippen LogP contribution in [-0.4, -0.2) is 43.1 Å². The standard InChI is InChI=1S/C16H26ClN3/c1-4-6-14-9-13(11-17)10-16(18-14)20-8-5-7-15(20)12-19(2)3/h9-10,15H,4-8,11-12H2,1-3H3. The second-order valence-electron chi connectivity index (χ2n) is 5.96. The molecule has 1 unspecified atom stereocenters. The van der Waals surface area contributed by atoms with Gasteiger partial charge < -0.3 is 9.80 Å². The van der Waals surface area contributed by atoms with E-state index in [-0.39, 0.29) is 0 Å². The van der Waals surface area contributed by atoms with Crippen molar-refractivity contribution in [1.82, 2.24) is 9.88 Å². The third-order valence-electron chi connectivity index (χ3n) is 3.83. The minimum Gasteiger partial charge on any atom is -0.352 e. The highest BCUT2D eigenvalue weighted by molar-refractivity contribution is 6.17. The van der Waals surface area contributed by atoms with Crippen LogP contribution in [0.25, 0.3) is 0 Å². The average molecular weight is 296 g/mol. The van der Waals surface area contributed by atoms with Crippen LogP contribution in [0.5, 0.6) is 0 Å². The Labute approximate surface area is 127 Å². The molecule has 0 aliphatic carbocycles. The Hall–Kier alpha value is -0.800. The number of aromatic nitrogens is 1. The highest BCUT2D eigenvalue weighted by Gasteiger charge is 2.26. The lowest BCUT2D eigenvalue weighted by molar-refractivity contribution is 0.371. The molecule has 0 aromatic carbocycles. The van der Waals surface area contributed by atoms with Crippen molar-refractivity contribution in [1.29, 1.82) is 0 Å². The Bertz CT molecular complexity index is 434. The highest BCUT2D eigenvalue weighted by Crippen LogP contribution is 2.26. The van der Waals surface area contributed by atoms with Crippen LogP contribution >= 0.6 is 11.6 Å². The number of rotatable bonds is 6. The average Bonchev–Trinajstić information content (AvgIpc) is 2.86. The van der Waals surface area contributed by atoms with Crippen LogP contribution in [-0.2, 0) is 12.3 Å². The van der Waals surface area contributed by atoms with Gasteiger partial charge in [-0.3, -0.25) is 0 Å². The van der Waals surface area contributed by atoms with Crippen LogP contribution in [0.1, 0.15) is 37.4 Å². The van der Waals surface area contributed by atoms with Gasteiger partial charge in [-0.15, -0.1) is 11.6 Å². The maximum Gasteiger partial charge on any atom is 0.129 e. The summed E-state index contributed by atoms with van der Waals surface area (Å²) in [5.41, 5.74) is 2.37. The van der Waals surface area contributed by atoms with Gasteiger partial charge in [0, 0.05) is 30.7 Å². The predicted octanol–water partition coefficient (Wildman–Crippen LogP) is 3.30. The molecule has 1 atom stereocenters. The SMILES string of the molecule is CCCc1cc(CCl)cc(N2CCCC2CN(C)C)n1. The van der Waals surface area contributed by atoms with E-state index in [2.05, 4.69) is 43.0 Å². The minimum atomic E-state index is 0.568. The van der Waals surface area contributed by atoms with Gasteiger partial charge in [0.2, 0.25) is 0 Å². The van der Waals surface area contributed by atoms with Crippen LogP contribution in [0, 0.1) is 0 Å². The second kappa shape index (κ2) is 7.28. The fourth-order valence-electron chi connectivity index (χ4n) is 2.99. The molecule has 0 radical (unpaired) electrons. The van der Waals surface area contributed by atoms with Crippen molar-refractivity contribution in [2.45, 2.75) is 44.5 Å². The number of nitrogens with zero attached hydrogens (tertiary/aromatic N) is 3. The Morgan fingerprint density at radius 3 is 2.85 bits per heavy atom. The maximum atomic E-state index is 6.04. The largest absolute Gasteiger partial charge is 0.352 e. The van der Waals surface area contributed by atoms with Crippen molar-refractivity contribution in [2.24, 2.45) is 0 Å². The molecule has 112 valence electrons. The topological polar surface area (TPSA) is 19.4 Å². The van der Waals surface area contributed by atoms with Crippen LogP contribution < -0.4 is 4.90 Å². The smallest absolute Gasteiger partial charge is 0.129 e. The van der Waals surface area contributed by atoms with E-state index in [1.807, 2.05) is 0 Å². The number of pyridine rings is 1. The summed E-state index contributed by atoms with van der Waals surface area (Å²) in [5.74, 6) is 1.69. The first-order valence-corrected chi connectivity index (χ1v) is 8.14. The zero-order valence-corrected chi connectivity index (χ0v) is 13.7. The number of hydrogen-bond acceptors (Lipinski definition) is 3. The number of alkyl halides is 1. The van der Waals surface area contributed by atoms with Gasteiger partial charge in [-0.05, 0) is 51.1 Å². The summed E-state index contributed by atoms with van der Waals surface area (Å²) < 4.78 is 0. The third kappa shape index (κ3) is 3.86. The normalized spacial score (nSPS) is 19.1. The molecule has 20 heavy (non-hydrogen) atoms. The van der Waals surface area contributed by atoms with Crippen LogP contribution in [0.15, 0.2) is 12.1 Å². The summed E-state index contributed by atoms with van der Waals surface area (Å²) >= 11 is 6.04. The Morgan fingerprint density at radius 1 is 1.40 bits per heavy atom.